The van der Waals surface area contributed by atoms with E-state index in [1.807, 2.05) is 6.92 Å². The number of hydrogen-bond acceptors (Lipinski definition) is 3. The smallest absolute Gasteiger partial charge is 0.154 e. The van der Waals surface area contributed by atoms with Crippen LogP contribution >= 0.6 is 0 Å². The van der Waals surface area contributed by atoms with Crippen LogP contribution in [0.1, 0.15) is 51.9 Å². The largest absolute Gasteiger partial charge is 0.368 e. The molecule has 1 rings (SSSR count). The Kier molecular flexibility index (Phi) is 7.01. The zero-order chi connectivity index (χ0) is 11.8. The van der Waals surface area contributed by atoms with E-state index >= 15 is 0 Å². The standard InChI is InChI=1S/C13H27NO2/c1-2-16-13(15)10-12(8-9-14)11-6-4-3-5-7-11/h11-13,15H,2-10,14H2,1H3. The Morgan fingerprint density at radius 3 is 2.56 bits per heavy atom. The predicted molar refractivity (Wildman–Crippen MR) is 66.0 cm³/mol. The molecule has 1 saturated carbocycles. The molecule has 0 radical (unpaired) electrons. The van der Waals surface area contributed by atoms with Crippen molar-refractivity contribution in [1.29, 1.82) is 0 Å². The molecule has 1 aliphatic rings. The summed E-state index contributed by atoms with van der Waals surface area (Å²) in [7, 11) is 0. The van der Waals surface area contributed by atoms with E-state index in [-0.39, 0.29) is 0 Å². The summed E-state index contributed by atoms with van der Waals surface area (Å²) in [5.74, 6) is 1.30. The Morgan fingerprint density at radius 1 is 1.31 bits per heavy atom. The molecule has 2 atom stereocenters. The second-order valence-electron chi connectivity index (χ2n) is 4.88. The van der Waals surface area contributed by atoms with Crippen molar-refractivity contribution in [2.24, 2.45) is 17.6 Å². The van der Waals surface area contributed by atoms with E-state index in [9.17, 15) is 5.11 Å². The van der Waals surface area contributed by atoms with Crippen molar-refractivity contribution >= 4 is 0 Å². The van der Waals surface area contributed by atoms with Gasteiger partial charge in [0, 0.05) is 13.0 Å². The minimum atomic E-state index is -0.594. The first-order chi connectivity index (χ1) is 7.77. The predicted octanol–water partition coefficient (Wildman–Crippen LogP) is 2.28. The lowest BCUT2D eigenvalue weighted by molar-refractivity contribution is -0.111. The van der Waals surface area contributed by atoms with Crippen LogP contribution in [0.25, 0.3) is 0 Å². The first kappa shape index (κ1) is 13.9. The van der Waals surface area contributed by atoms with Crippen molar-refractivity contribution in [2.45, 2.75) is 58.2 Å². The molecule has 3 heteroatoms. The molecule has 0 heterocycles. The third kappa shape index (κ3) is 4.81. The number of aliphatic hydroxyl groups is 1. The monoisotopic (exact) mass is 229 g/mol. The maximum Gasteiger partial charge on any atom is 0.154 e. The van der Waals surface area contributed by atoms with E-state index in [0.29, 0.717) is 12.5 Å². The number of nitrogens with two attached hydrogens (primary N) is 1. The Morgan fingerprint density at radius 2 is 2.00 bits per heavy atom. The van der Waals surface area contributed by atoms with Gasteiger partial charge in [0.15, 0.2) is 6.29 Å². The molecule has 16 heavy (non-hydrogen) atoms. The number of ether oxygens (including phenoxy) is 1. The maximum atomic E-state index is 9.71. The van der Waals surface area contributed by atoms with Crippen molar-refractivity contribution in [2.75, 3.05) is 13.2 Å². The fraction of sp³-hybridized carbons (Fsp3) is 1.00. The zero-order valence-electron chi connectivity index (χ0n) is 10.5. The van der Waals surface area contributed by atoms with Crippen LogP contribution in [-0.4, -0.2) is 24.5 Å². The average Bonchev–Trinajstić information content (AvgIpc) is 2.30. The van der Waals surface area contributed by atoms with Gasteiger partial charge in [0.05, 0.1) is 0 Å². The molecular weight excluding hydrogens is 202 g/mol. The lowest BCUT2D eigenvalue weighted by Crippen LogP contribution is -2.26. The van der Waals surface area contributed by atoms with Crippen molar-refractivity contribution < 1.29 is 9.84 Å². The van der Waals surface area contributed by atoms with Gasteiger partial charge < -0.3 is 15.6 Å². The van der Waals surface area contributed by atoms with Gasteiger partial charge >= 0.3 is 0 Å². The van der Waals surface area contributed by atoms with Gasteiger partial charge in [-0.15, -0.1) is 0 Å². The van der Waals surface area contributed by atoms with Gasteiger partial charge in [0.1, 0.15) is 0 Å². The lowest BCUT2D eigenvalue weighted by atomic mass is 9.77. The summed E-state index contributed by atoms with van der Waals surface area (Å²) in [4.78, 5) is 0. The Labute approximate surface area is 99.4 Å². The molecule has 0 bridgehead atoms. The molecule has 0 aliphatic heterocycles. The minimum Gasteiger partial charge on any atom is -0.368 e. The molecule has 0 saturated heterocycles. The molecule has 0 aromatic rings. The van der Waals surface area contributed by atoms with E-state index < -0.39 is 6.29 Å². The van der Waals surface area contributed by atoms with Crippen LogP contribution in [0.4, 0.5) is 0 Å². The number of hydrogen-bond donors (Lipinski definition) is 2. The Hall–Kier alpha value is -0.120. The van der Waals surface area contributed by atoms with Crippen LogP contribution in [0.15, 0.2) is 0 Å². The van der Waals surface area contributed by atoms with Crippen molar-refractivity contribution in [3.8, 4) is 0 Å². The second kappa shape index (κ2) is 8.04. The highest BCUT2D eigenvalue weighted by atomic mass is 16.6. The molecule has 2 unspecified atom stereocenters. The first-order valence-electron chi connectivity index (χ1n) is 6.77. The second-order valence-corrected chi connectivity index (χ2v) is 4.88. The summed E-state index contributed by atoms with van der Waals surface area (Å²) in [5.41, 5.74) is 5.66. The van der Waals surface area contributed by atoms with Crippen molar-refractivity contribution in [3.05, 3.63) is 0 Å². The van der Waals surface area contributed by atoms with Crippen molar-refractivity contribution in [1.82, 2.24) is 0 Å². The van der Waals surface area contributed by atoms with Crippen LogP contribution in [-0.2, 0) is 4.74 Å². The summed E-state index contributed by atoms with van der Waals surface area (Å²) < 4.78 is 5.22. The minimum absolute atomic E-state index is 0.548. The van der Waals surface area contributed by atoms with Gasteiger partial charge in [0.2, 0.25) is 0 Å². The summed E-state index contributed by atoms with van der Waals surface area (Å²) in [5, 5.41) is 9.71. The zero-order valence-corrected chi connectivity index (χ0v) is 10.5. The summed E-state index contributed by atoms with van der Waals surface area (Å²) >= 11 is 0. The SMILES string of the molecule is CCOC(O)CC(CCN)C1CCCCC1. The maximum absolute atomic E-state index is 9.71. The quantitative estimate of drug-likeness (QED) is 0.658. The molecule has 3 nitrogen and oxygen atoms in total. The van der Waals surface area contributed by atoms with Crippen LogP contribution < -0.4 is 5.73 Å². The third-order valence-corrected chi connectivity index (χ3v) is 3.72. The molecule has 96 valence electrons. The molecule has 1 fully saturated rings. The van der Waals surface area contributed by atoms with Gasteiger partial charge in [-0.1, -0.05) is 32.1 Å². The van der Waals surface area contributed by atoms with Gasteiger partial charge in [0.25, 0.3) is 0 Å². The average molecular weight is 229 g/mol. The molecule has 0 aromatic heterocycles. The highest BCUT2D eigenvalue weighted by Gasteiger charge is 2.25. The van der Waals surface area contributed by atoms with Gasteiger partial charge in [-0.25, -0.2) is 0 Å². The first-order valence-corrected chi connectivity index (χ1v) is 6.77. The van der Waals surface area contributed by atoms with Gasteiger partial charge in [-0.2, -0.15) is 0 Å². The lowest BCUT2D eigenvalue weighted by Gasteiger charge is -2.31. The highest BCUT2D eigenvalue weighted by molar-refractivity contribution is 4.75. The summed E-state index contributed by atoms with van der Waals surface area (Å²) in [6, 6.07) is 0. The molecule has 3 N–H and O–H groups in total. The topological polar surface area (TPSA) is 55.5 Å². The Balaban J connectivity index is 2.38. The number of rotatable bonds is 7. The van der Waals surface area contributed by atoms with Crippen LogP contribution in [0, 0.1) is 11.8 Å². The van der Waals surface area contributed by atoms with Crippen LogP contribution in [0.2, 0.25) is 0 Å². The third-order valence-electron chi connectivity index (χ3n) is 3.72. The van der Waals surface area contributed by atoms with E-state index in [4.69, 9.17) is 10.5 Å². The fourth-order valence-corrected chi connectivity index (χ4v) is 2.89. The molecule has 0 amide bonds. The van der Waals surface area contributed by atoms with E-state index in [0.717, 1.165) is 25.3 Å². The van der Waals surface area contributed by atoms with Crippen molar-refractivity contribution in [3.63, 3.8) is 0 Å². The van der Waals surface area contributed by atoms with Gasteiger partial charge in [-0.05, 0) is 31.7 Å². The van der Waals surface area contributed by atoms with E-state index in [1.54, 1.807) is 0 Å². The van der Waals surface area contributed by atoms with Gasteiger partial charge in [-0.3, -0.25) is 0 Å². The fourth-order valence-electron chi connectivity index (χ4n) is 2.89. The Bertz CT molecular complexity index is 169. The molecule has 0 spiro atoms. The highest BCUT2D eigenvalue weighted by Crippen LogP contribution is 2.34. The van der Waals surface area contributed by atoms with Crippen LogP contribution in [0.3, 0.4) is 0 Å². The van der Waals surface area contributed by atoms with E-state index in [2.05, 4.69) is 0 Å². The number of aliphatic hydroxyl groups excluding tert-OH is 1. The normalized spacial score (nSPS) is 21.9. The molecular formula is C13H27NO2. The van der Waals surface area contributed by atoms with Crippen LogP contribution in [0.5, 0.6) is 0 Å². The molecule has 0 aromatic carbocycles. The summed E-state index contributed by atoms with van der Waals surface area (Å²) in [6.07, 6.45) is 7.87. The molecule has 1 aliphatic carbocycles. The summed E-state index contributed by atoms with van der Waals surface area (Å²) in [6.45, 7) is 3.23. The van der Waals surface area contributed by atoms with E-state index in [1.165, 1.54) is 32.1 Å².